The molecule has 7 heteroatoms. The standard InChI is InChI=1S/C18H17FN4OS/c1-5-9-22-16-13(19)7-6-8-15(16)25-18(22)20-17(24)14-10-12(4)21-23(14)11(2)3/h1,6-8,10-11H,9H2,2-4H3. The third-order valence-corrected chi connectivity index (χ3v) is 4.71. The highest BCUT2D eigenvalue weighted by atomic mass is 32.1. The Kier molecular flexibility index (Phi) is 4.55. The molecule has 25 heavy (non-hydrogen) atoms. The van der Waals surface area contributed by atoms with Crippen LogP contribution in [0.5, 0.6) is 0 Å². The number of terminal acetylenes is 1. The Morgan fingerprint density at radius 1 is 1.48 bits per heavy atom. The molecule has 0 aliphatic carbocycles. The number of benzene rings is 1. The molecule has 2 heterocycles. The summed E-state index contributed by atoms with van der Waals surface area (Å²) in [5.74, 6) is 1.68. The highest BCUT2D eigenvalue weighted by molar-refractivity contribution is 7.16. The van der Waals surface area contributed by atoms with Crippen LogP contribution in [-0.2, 0) is 6.54 Å². The normalized spacial score (nSPS) is 12.1. The second-order valence-electron chi connectivity index (χ2n) is 5.89. The molecule has 0 unspecified atom stereocenters. The SMILES string of the molecule is C#CCn1c(=NC(=O)c2cc(C)nn2C(C)C)sc2cccc(F)c21. The minimum Gasteiger partial charge on any atom is -0.302 e. The first-order valence-electron chi connectivity index (χ1n) is 7.79. The number of aromatic nitrogens is 3. The average Bonchev–Trinajstić information content (AvgIpc) is 3.10. The first-order valence-corrected chi connectivity index (χ1v) is 8.60. The van der Waals surface area contributed by atoms with Gasteiger partial charge in [0.15, 0.2) is 4.80 Å². The number of hydrogen-bond acceptors (Lipinski definition) is 3. The summed E-state index contributed by atoms with van der Waals surface area (Å²) in [6, 6.07) is 6.50. The molecule has 0 N–H and O–H groups in total. The number of carbonyl (C=O) groups is 1. The predicted molar refractivity (Wildman–Crippen MR) is 95.8 cm³/mol. The van der Waals surface area contributed by atoms with Gasteiger partial charge in [0.05, 0.1) is 22.5 Å². The largest absolute Gasteiger partial charge is 0.302 e. The fourth-order valence-electron chi connectivity index (χ4n) is 2.62. The molecule has 1 amide bonds. The molecule has 3 rings (SSSR count). The van der Waals surface area contributed by atoms with Gasteiger partial charge in [-0.3, -0.25) is 9.48 Å². The molecule has 0 aliphatic rings. The zero-order chi connectivity index (χ0) is 18.1. The maximum absolute atomic E-state index is 14.2. The van der Waals surface area contributed by atoms with Crippen LogP contribution in [0.4, 0.5) is 4.39 Å². The number of carbonyl (C=O) groups excluding carboxylic acids is 1. The van der Waals surface area contributed by atoms with Crippen LogP contribution in [0.25, 0.3) is 10.2 Å². The molecular weight excluding hydrogens is 339 g/mol. The molecule has 0 saturated heterocycles. The number of hydrogen-bond donors (Lipinski definition) is 0. The molecule has 0 aliphatic heterocycles. The molecule has 2 aromatic heterocycles. The van der Waals surface area contributed by atoms with E-state index in [1.807, 2.05) is 20.8 Å². The number of halogens is 1. The van der Waals surface area contributed by atoms with Crippen molar-refractivity contribution in [2.45, 2.75) is 33.4 Å². The summed E-state index contributed by atoms with van der Waals surface area (Å²) in [5.41, 5.74) is 1.51. The molecule has 0 bridgehead atoms. The number of nitrogens with zero attached hydrogens (tertiary/aromatic N) is 4. The lowest BCUT2D eigenvalue weighted by molar-refractivity contribution is 0.0986. The van der Waals surface area contributed by atoms with E-state index >= 15 is 0 Å². The van der Waals surface area contributed by atoms with Crippen molar-refractivity contribution < 1.29 is 9.18 Å². The Labute approximate surface area is 148 Å². The van der Waals surface area contributed by atoms with E-state index in [1.165, 1.54) is 17.4 Å². The lowest BCUT2D eigenvalue weighted by Crippen LogP contribution is -2.19. The second-order valence-corrected chi connectivity index (χ2v) is 6.90. The van der Waals surface area contributed by atoms with Crippen molar-refractivity contribution in [1.82, 2.24) is 14.3 Å². The van der Waals surface area contributed by atoms with Gasteiger partial charge in [0, 0.05) is 6.04 Å². The van der Waals surface area contributed by atoms with Crippen molar-refractivity contribution in [3.63, 3.8) is 0 Å². The molecule has 1 aromatic carbocycles. The number of fused-ring (bicyclic) bond motifs is 1. The fourth-order valence-corrected chi connectivity index (χ4v) is 3.67. The van der Waals surface area contributed by atoms with Crippen LogP contribution in [-0.4, -0.2) is 20.3 Å². The summed E-state index contributed by atoms with van der Waals surface area (Å²) in [6.45, 7) is 5.84. The van der Waals surface area contributed by atoms with Gasteiger partial charge >= 0.3 is 0 Å². The molecule has 0 saturated carbocycles. The van der Waals surface area contributed by atoms with Gasteiger partial charge in [-0.25, -0.2) is 4.39 Å². The van der Waals surface area contributed by atoms with Crippen molar-refractivity contribution in [3.8, 4) is 12.3 Å². The molecule has 0 atom stereocenters. The lowest BCUT2D eigenvalue weighted by Gasteiger charge is -2.08. The first kappa shape index (κ1) is 17.1. The van der Waals surface area contributed by atoms with E-state index in [9.17, 15) is 9.18 Å². The number of para-hydroxylation sites is 1. The molecule has 5 nitrogen and oxygen atoms in total. The van der Waals surface area contributed by atoms with Crippen LogP contribution in [0.2, 0.25) is 0 Å². The minimum absolute atomic E-state index is 0.0283. The molecular formula is C18H17FN4OS. The van der Waals surface area contributed by atoms with Gasteiger partial charge in [0.25, 0.3) is 5.91 Å². The third kappa shape index (κ3) is 3.13. The second kappa shape index (κ2) is 6.65. The summed E-state index contributed by atoms with van der Waals surface area (Å²) >= 11 is 1.23. The van der Waals surface area contributed by atoms with Crippen molar-refractivity contribution in [2.75, 3.05) is 0 Å². The van der Waals surface area contributed by atoms with E-state index in [4.69, 9.17) is 6.42 Å². The number of aryl methyl sites for hydroxylation is 1. The van der Waals surface area contributed by atoms with E-state index in [0.717, 1.165) is 5.69 Å². The van der Waals surface area contributed by atoms with Crippen LogP contribution >= 0.6 is 11.3 Å². The van der Waals surface area contributed by atoms with Gasteiger partial charge in [0.1, 0.15) is 11.5 Å². The highest BCUT2D eigenvalue weighted by Gasteiger charge is 2.17. The van der Waals surface area contributed by atoms with E-state index in [2.05, 4.69) is 16.0 Å². The fraction of sp³-hybridized carbons (Fsp3) is 0.278. The van der Waals surface area contributed by atoms with Crippen molar-refractivity contribution in [1.29, 1.82) is 0 Å². The van der Waals surface area contributed by atoms with Crippen molar-refractivity contribution in [3.05, 3.63) is 46.3 Å². The first-order chi connectivity index (χ1) is 11.9. The molecule has 0 spiro atoms. The predicted octanol–water partition coefficient (Wildman–Crippen LogP) is 3.30. The molecule has 0 fully saturated rings. The Morgan fingerprint density at radius 3 is 2.92 bits per heavy atom. The maximum Gasteiger partial charge on any atom is 0.297 e. The Balaban J connectivity index is 2.19. The van der Waals surface area contributed by atoms with Gasteiger partial charge in [-0.15, -0.1) is 6.42 Å². The Hall–Kier alpha value is -2.72. The minimum atomic E-state index is -0.424. The van der Waals surface area contributed by atoms with Crippen molar-refractivity contribution >= 4 is 27.5 Å². The molecule has 3 aromatic rings. The summed E-state index contributed by atoms with van der Waals surface area (Å²) in [4.78, 5) is 17.3. The maximum atomic E-state index is 14.2. The summed E-state index contributed by atoms with van der Waals surface area (Å²) in [5, 5.41) is 4.33. The van der Waals surface area contributed by atoms with Gasteiger partial charge < -0.3 is 4.57 Å². The van der Waals surface area contributed by atoms with E-state index in [0.29, 0.717) is 20.7 Å². The Bertz CT molecular complexity index is 1070. The number of rotatable bonds is 3. The summed E-state index contributed by atoms with van der Waals surface area (Å²) in [6.07, 6.45) is 5.41. The highest BCUT2D eigenvalue weighted by Crippen LogP contribution is 2.20. The molecule has 0 radical (unpaired) electrons. The summed E-state index contributed by atoms with van der Waals surface area (Å²) < 4.78 is 18.1. The van der Waals surface area contributed by atoms with Crippen LogP contribution < -0.4 is 4.80 Å². The van der Waals surface area contributed by atoms with Gasteiger partial charge in [-0.2, -0.15) is 10.1 Å². The van der Waals surface area contributed by atoms with Crippen LogP contribution in [0.1, 0.15) is 36.1 Å². The van der Waals surface area contributed by atoms with Crippen LogP contribution in [0.3, 0.4) is 0 Å². The lowest BCUT2D eigenvalue weighted by atomic mass is 10.3. The zero-order valence-corrected chi connectivity index (χ0v) is 15.0. The van der Waals surface area contributed by atoms with Crippen molar-refractivity contribution in [2.24, 2.45) is 4.99 Å². The number of thiazole rings is 1. The number of amides is 1. The summed E-state index contributed by atoms with van der Waals surface area (Å²) in [7, 11) is 0. The monoisotopic (exact) mass is 356 g/mol. The van der Waals surface area contributed by atoms with Gasteiger partial charge in [-0.05, 0) is 39.0 Å². The quantitative estimate of drug-likeness (QED) is 0.676. The van der Waals surface area contributed by atoms with E-state index < -0.39 is 5.91 Å². The topological polar surface area (TPSA) is 52.2 Å². The van der Waals surface area contributed by atoms with E-state index in [1.54, 1.807) is 27.4 Å². The Morgan fingerprint density at radius 2 is 2.24 bits per heavy atom. The van der Waals surface area contributed by atoms with Gasteiger partial charge in [0.2, 0.25) is 0 Å². The third-order valence-electron chi connectivity index (χ3n) is 3.66. The van der Waals surface area contributed by atoms with Gasteiger partial charge in [-0.1, -0.05) is 23.3 Å². The van der Waals surface area contributed by atoms with Crippen LogP contribution in [0.15, 0.2) is 29.3 Å². The molecule has 128 valence electrons. The zero-order valence-electron chi connectivity index (χ0n) is 14.2. The smallest absolute Gasteiger partial charge is 0.297 e. The average molecular weight is 356 g/mol. The van der Waals surface area contributed by atoms with E-state index in [-0.39, 0.29) is 18.4 Å². The van der Waals surface area contributed by atoms with Crippen LogP contribution in [0, 0.1) is 25.1 Å².